The van der Waals surface area contributed by atoms with Gasteiger partial charge in [0.2, 0.25) is 0 Å². The second-order valence-corrected chi connectivity index (χ2v) is 5.05. The summed E-state index contributed by atoms with van der Waals surface area (Å²) < 4.78 is 37.2. The largest absolute Gasteiger partial charge is 0.480 e. The van der Waals surface area contributed by atoms with E-state index in [9.17, 15) is 22.8 Å². The molecule has 0 fully saturated rings. The summed E-state index contributed by atoms with van der Waals surface area (Å²) in [5, 5.41) is 10.5. The van der Waals surface area contributed by atoms with E-state index in [1.54, 1.807) is 24.3 Å². The third kappa shape index (κ3) is 4.22. The third-order valence-electron chi connectivity index (χ3n) is 2.68. The van der Waals surface area contributed by atoms with Crippen LogP contribution in [0.4, 0.5) is 13.2 Å². The van der Waals surface area contributed by atoms with Crippen molar-refractivity contribution in [3.05, 3.63) is 34.3 Å². The van der Waals surface area contributed by atoms with E-state index in [2.05, 4.69) is 15.9 Å². The number of alkyl halides is 3. The second-order valence-electron chi connectivity index (χ2n) is 4.13. The average molecular weight is 354 g/mol. The van der Waals surface area contributed by atoms with Crippen molar-refractivity contribution >= 4 is 27.8 Å². The molecule has 1 rings (SSSR count). The Morgan fingerprint density at radius 1 is 1.35 bits per heavy atom. The highest BCUT2D eigenvalue weighted by molar-refractivity contribution is 9.10. The molecule has 0 bridgehead atoms. The van der Waals surface area contributed by atoms with E-state index in [-0.39, 0.29) is 0 Å². The minimum Gasteiger partial charge on any atom is -0.480 e. The summed E-state index contributed by atoms with van der Waals surface area (Å²) in [5.74, 6) is -4.63. The molecule has 110 valence electrons. The van der Waals surface area contributed by atoms with Crippen LogP contribution in [0.25, 0.3) is 0 Å². The standard InChI is InChI=1S/C12H11BrF3NO3/c1-6(7-3-2-4-8(13)5-7)9(10(18)19)17-11(20)12(14,15)16/h2-6,9H,1H3,(H,17,20)(H,18,19). The van der Waals surface area contributed by atoms with E-state index in [0.717, 1.165) is 0 Å². The highest BCUT2D eigenvalue weighted by Gasteiger charge is 2.42. The molecule has 0 radical (unpaired) electrons. The number of hydrogen-bond acceptors (Lipinski definition) is 2. The maximum atomic E-state index is 12.2. The van der Waals surface area contributed by atoms with Crippen molar-refractivity contribution in [2.75, 3.05) is 0 Å². The first-order chi connectivity index (χ1) is 9.12. The van der Waals surface area contributed by atoms with Crippen LogP contribution in [0.5, 0.6) is 0 Å². The van der Waals surface area contributed by atoms with Crippen LogP contribution in [-0.4, -0.2) is 29.2 Å². The average Bonchev–Trinajstić information content (AvgIpc) is 2.33. The predicted octanol–water partition coefficient (Wildman–Crippen LogP) is 2.68. The summed E-state index contributed by atoms with van der Waals surface area (Å²) in [6.45, 7) is 1.43. The van der Waals surface area contributed by atoms with Crippen molar-refractivity contribution < 1.29 is 27.9 Å². The number of halogens is 4. The molecule has 2 N–H and O–H groups in total. The van der Waals surface area contributed by atoms with Crippen molar-refractivity contribution in [1.29, 1.82) is 0 Å². The number of carbonyl (C=O) groups excluding carboxylic acids is 1. The summed E-state index contributed by atoms with van der Waals surface area (Å²) in [5.41, 5.74) is 0.495. The Morgan fingerprint density at radius 3 is 2.40 bits per heavy atom. The van der Waals surface area contributed by atoms with Gasteiger partial charge >= 0.3 is 18.1 Å². The van der Waals surface area contributed by atoms with Crippen molar-refractivity contribution in [2.24, 2.45) is 0 Å². The zero-order valence-corrected chi connectivity index (χ0v) is 11.8. The third-order valence-corrected chi connectivity index (χ3v) is 3.18. The number of nitrogens with one attached hydrogen (secondary N) is 1. The molecule has 1 amide bonds. The van der Waals surface area contributed by atoms with Crippen LogP contribution in [-0.2, 0) is 9.59 Å². The topological polar surface area (TPSA) is 66.4 Å². The molecule has 0 spiro atoms. The van der Waals surface area contributed by atoms with Crippen LogP contribution in [0.3, 0.4) is 0 Å². The van der Waals surface area contributed by atoms with Gasteiger partial charge in [0.15, 0.2) is 0 Å². The molecular weight excluding hydrogens is 343 g/mol. The molecule has 0 aromatic heterocycles. The van der Waals surface area contributed by atoms with Gasteiger partial charge in [-0.05, 0) is 17.7 Å². The van der Waals surface area contributed by atoms with Gasteiger partial charge in [0.05, 0.1) is 0 Å². The SMILES string of the molecule is CC(c1cccc(Br)c1)C(NC(=O)C(F)(F)F)C(=O)O. The molecule has 20 heavy (non-hydrogen) atoms. The smallest absolute Gasteiger partial charge is 0.471 e. The maximum absolute atomic E-state index is 12.2. The van der Waals surface area contributed by atoms with E-state index >= 15 is 0 Å². The first-order valence-electron chi connectivity index (χ1n) is 5.49. The fourth-order valence-electron chi connectivity index (χ4n) is 1.61. The number of hydrogen-bond donors (Lipinski definition) is 2. The van der Waals surface area contributed by atoms with Gasteiger partial charge in [0, 0.05) is 10.4 Å². The molecule has 0 saturated heterocycles. The Hall–Kier alpha value is -1.57. The Kier molecular flexibility index (Phi) is 5.15. The van der Waals surface area contributed by atoms with Gasteiger partial charge in [0.25, 0.3) is 0 Å². The summed E-state index contributed by atoms with van der Waals surface area (Å²) in [4.78, 5) is 21.9. The highest BCUT2D eigenvalue weighted by atomic mass is 79.9. The Bertz CT molecular complexity index is 519. The van der Waals surface area contributed by atoms with Crippen LogP contribution in [0, 0.1) is 0 Å². The van der Waals surface area contributed by atoms with Crippen LogP contribution < -0.4 is 5.32 Å². The number of rotatable bonds is 4. The molecule has 0 aliphatic rings. The Balaban J connectivity index is 2.97. The summed E-state index contributed by atoms with van der Waals surface area (Å²) in [7, 11) is 0. The fraction of sp³-hybridized carbons (Fsp3) is 0.333. The number of aliphatic carboxylic acids is 1. The Morgan fingerprint density at radius 2 is 1.95 bits per heavy atom. The molecule has 0 saturated carbocycles. The van der Waals surface area contributed by atoms with Crippen molar-refractivity contribution in [3.8, 4) is 0 Å². The summed E-state index contributed by atoms with van der Waals surface area (Å²) in [6.07, 6.45) is -5.12. The molecule has 1 aromatic carbocycles. The van der Waals surface area contributed by atoms with E-state index in [4.69, 9.17) is 5.11 Å². The van der Waals surface area contributed by atoms with Gasteiger partial charge in [-0.25, -0.2) is 4.79 Å². The highest BCUT2D eigenvalue weighted by Crippen LogP contribution is 2.24. The van der Waals surface area contributed by atoms with Crippen LogP contribution in [0.15, 0.2) is 28.7 Å². The van der Waals surface area contributed by atoms with Gasteiger partial charge in [-0.1, -0.05) is 35.0 Å². The second kappa shape index (κ2) is 6.25. The van der Waals surface area contributed by atoms with Gasteiger partial charge in [-0.15, -0.1) is 0 Å². The van der Waals surface area contributed by atoms with Crippen molar-refractivity contribution in [3.63, 3.8) is 0 Å². The van der Waals surface area contributed by atoms with Gasteiger partial charge < -0.3 is 10.4 Å². The quantitative estimate of drug-likeness (QED) is 0.874. The normalized spacial score (nSPS) is 14.4. The maximum Gasteiger partial charge on any atom is 0.471 e. The lowest BCUT2D eigenvalue weighted by molar-refractivity contribution is -0.175. The lowest BCUT2D eigenvalue weighted by Crippen LogP contribution is -2.49. The number of benzene rings is 1. The van der Waals surface area contributed by atoms with Crippen LogP contribution in [0.2, 0.25) is 0 Å². The van der Waals surface area contributed by atoms with Gasteiger partial charge in [-0.2, -0.15) is 13.2 Å². The first-order valence-corrected chi connectivity index (χ1v) is 6.28. The fourth-order valence-corrected chi connectivity index (χ4v) is 2.02. The number of carbonyl (C=O) groups is 2. The minimum atomic E-state index is -5.12. The van der Waals surface area contributed by atoms with E-state index in [1.807, 2.05) is 0 Å². The van der Waals surface area contributed by atoms with Gasteiger partial charge in [0.1, 0.15) is 6.04 Å². The lowest BCUT2D eigenvalue weighted by Gasteiger charge is -2.22. The molecule has 0 heterocycles. The zero-order chi connectivity index (χ0) is 15.5. The Labute approximate surface area is 121 Å². The van der Waals surface area contributed by atoms with Crippen LogP contribution >= 0.6 is 15.9 Å². The molecule has 2 unspecified atom stereocenters. The molecule has 2 atom stereocenters. The monoisotopic (exact) mass is 353 g/mol. The lowest BCUT2D eigenvalue weighted by atomic mass is 9.93. The van der Waals surface area contributed by atoms with Crippen molar-refractivity contribution in [1.82, 2.24) is 5.32 Å². The molecule has 0 aliphatic heterocycles. The molecule has 8 heteroatoms. The zero-order valence-electron chi connectivity index (χ0n) is 10.2. The summed E-state index contributed by atoms with van der Waals surface area (Å²) in [6, 6.07) is 4.81. The summed E-state index contributed by atoms with van der Waals surface area (Å²) >= 11 is 3.18. The number of amides is 1. The van der Waals surface area contributed by atoms with Crippen LogP contribution in [0.1, 0.15) is 18.4 Å². The van der Waals surface area contributed by atoms with E-state index in [1.165, 1.54) is 12.2 Å². The molecule has 1 aromatic rings. The van der Waals surface area contributed by atoms with E-state index < -0.39 is 30.0 Å². The van der Waals surface area contributed by atoms with Crippen molar-refractivity contribution in [2.45, 2.75) is 25.1 Å². The number of carboxylic acid groups (broad SMARTS) is 1. The van der Waals surface area contributed by atoms with E-state index in [0.29, 0.717) is 10.0 Å². The van der Waals surface area contributed by atoms with Gasteiger partial charge in [-0.3, -0.25) is 4.79 Å². The molecule has 4 nitrogen and oxygen atoms in total. The first kappa shape index (κ1) is 16.5. The molecule has 0 aliphatic carbocycles. The number of carboxylic acids is 1. The molecular formula is C12H11BrF3NO3. The minimum absolute atomic E-state index is 0.495. The predicted molar refractivity (Wildman–Crippen MR) is 68.2 cm³/mol.